The first-order chi connectivity index (χ1) is 12.7. The number of anilines is 1. The van der Waals surface area contributed by atoms with Crippen molar-refractivity contribution >= 4 is 5.69 Å². The van der Waals surface area contributed by atoms with Gasteiger partial charge in [-0.2, -0.15) is 5.26 Å². The number of ether oxygens (including phenoxy) is 1. The van der Waals surface area contributed by atoms with Crippen molar-refractivity contribution in [3.8, 4) is 6.07 Å². The number of benzene rings is 1. The van der Waals surface area contributed by atoms with Crippen LogP contribution in [0.5, 0.6) is 0 Å². The van der Waals surface area contributed by atoms with Crippen LogP contribution in [-0.2, 0) is 18.3 Å². The van der Waals surface area contributed by atoms with Gasteiger partial charge in [-0.1, -0.05) is 6.07 Å². The molecule has 2 fully saturated rings. The third kappa shape index (κ3) is 3.46. The average molecular weight is 351 g/mol. The quantitative estimate of drug-likeness (QED) is 0.848. The van der Waals surface area contributed by atoms with E-state index in [1.165, 1.54) is 5.69 Å². The van der Waals surface area contributed by atoms with Crippen LogP contribution in [0, 0.1) is 11.3 Å². The van der Waals surface area contributed by atoms with Crippen LogP contribution in [0.4, 0.5) is 5.69 Å². The van der Waals surface area contributed by atoms with E-state index in [1.807, 2.05) is 37.8 Å². The maximum absolute atomic E-state index is 9.18. The molecule has 0 amide bonds. The van der Waals surface area contributed by atoms with Crippen LogP contribution in [-0.4, -0.2) is 52.8 Å². The van der Waals surface area contributed by atoms with Crippen LogP contribution in [0.2, 0.25) is 0 Å². The fraction of sp³-hybridized carbons (Fsp3) is 0.500. The Hall–Kier alpha value is -2.36. The Kier molecular flexibility index (Phi) is 4.66. The zero-order chi connectivity index (χ0) is 18.0. The van der Waals surface area contributed by atoms with E-state index in [1.54, 1.807) is 0 Å². The summed E-state index contributed by atoms with van der Waals surface area (Å²) < 4.78 is 8.41. The van der Waals surface area contributed by atoms with Gasteiger partial charge in [-0.15, -0.1) is 0 Å². The molecule has 2 aliphatic rings. The molecule has 1 atom stereocenters. The lowest BCUT2D eigenvalue weighted by Gasteiger charge is -2.48. The molecule has 2 aromatic rings. The van der Waals surface area contributed by atoms with Gasteiger partial charge in [0.05, 0.1) is 35.9 Å². The van der Waals surface area contributed by atoms with Crippen LogP contribution in [0.25, 0.3) is 0 Å². The highest BCUT2D eigenvalue weighted by atomic mass is 16.5. The zero-order valence-corrected chi connectivity index (χ0v) is 15.3. The first kappa shape index (κ1) is 17.1. The summed E-state index contributed by atoms with van der Waals surface area (Å²) in [6.07, 6.45) is 6.00. The highest BCUT2D eigenvalue weighted by Gasteiger charge is 2.40. The number of nitrogens with zero attached hydrogens (tertiary/aromatic N) is 5. The first-order valence-electron chi connectivity index (χ1n) is 9.24. The van der Waals surface area contributed by atoms with Crippen LogP contribution < -0.4 is 4.90 Å². The molecule has 136 valence electrons. The molecule has 1 aromatic heterocycles. The topological polar surface area (TPSA) is 57.3 Å². The normalized spacial score (nSPS) is 23.9. The minimum atomic E-state index is -0.127. The van der Waals surface area contributed by atoms with Crippen molar-refractivity contribution in [2.24, 2.45) is 7.05 Å². The highest BCUT2D eigenvalue weighted by Crippen LogP contribution is 2.32. The third-order valence-corrected chi connectivity index (χ3v) is 5.51. The van der Waals surface area contributed by atoms with Gasteiger partial charge in [-0.3, -0.25) is 4.90 Å². The lowest BCUT2D eigenvalue weighted by molar-refractivity contribution is -0.116. The van der Waals surface area contributed by atoms with E-state index in [4.69, 9.17) is 4.74 Å². The van der Waals surface area contributed by atoms with E-state index in [-0.39, 0.29) is 5.60 Å². The number of aryl methyl sites for hydroxylation is 1. The molecule has 2 saturated heterocycles. The van der Waals surface area contributed by atoms with Gasteiger partial charge in [0, 0.05) is 51.7 Å². The highest BCUT2D eigenvalue weighted by molar-refractivity contribution is 5.52. The lowest BCUT2D eigenvalue weighted by atomic mass is 9.90. The maximum Gasteiger partial charge on any atom is 0.0992 e. The third-order valence-electron chi connectivity index (χ3n) is 5.51. The van der Waals surface area contributed by atoms with E-state index in [0.717, 1.165) is 57.9 Å². The molecule has 0 radical (unpaired) electrons. The number of imidazole rings is 1. The molecular formula is C20H25N5O. The Labute approximate surface area is 154 Å². The molecule has 3 heterocycles. The van der Waals surface area contributed by atoms with Gasteiger partial charge in [0.15, 0.2) is 0 Å². The standard InChI is InChI=1S/C20H25N5O/c1-23-16-22-12-19(23)13-24-8-9-26-20(14-24)6-3-7-25(15-20)18-5-2-4-17(10-18)11-21/h2,4-5,10,12,16H,3,6-9,13-15H2,1H3/t20-/m1/s1. The van der Waals surface area contributed by atoms with Crippen molar-refractivity contribution in [2.75, 3.05) is 37.7 Å². The molecular weight excluding hydrogens is 326 g/mol. The summed E-state index contributed by atoms with van der Waals surface area (Å²) in [4.78, 5) is 9.08. The Balaban J connectivity index is 1.48. The second kappa shape index (κ2) is 7.10. The number of nitriles is 1. The molecule has 6 nitrogen and oxygen atoms in total. The molecule has 1 aromatic carbocycles. The molecule has 4 rings (SSSR count). The summed E-state index contributed by atoms with van der Waals surface area (Å²) in [5.74, 6) is 0. The van der Waals surface area contributed by atoms with E-state index < -0.39 is 0 Å². The van der Waals surface area contributed by atoms with Crippen LogP contribution >= 0.6 is 0 Å². The zero-order valence-electron chi connectivity index (χ0n) is 15.3. The van der Waals surface area contributed by atoms with Crippen molar-refractivity contribution in [1.29, 1.82) is 5.26 Å². The van der Waals surface area contributed by atoms with Crippen LogP contribution in [0.15, 0.2) is 36.8 Å². The molecule has 26 heavy (non-hydrogen) atoms. The summed E-state index contributed by atoms with van der Waals surface area (Å²) in [5.41, 5.74) is 2.94. The van der Waals surface area contributed by atoms with Crippen LogP contribution in [0.3, 0.4) is 0 Å². The fourth-order valence-corrected chi connectivity index (χ4v) is 4.16. The molecule has 6 heteroatoms. The molecule has 0 N–H and O–H groups in total. The summed E-state index contributed by atoms with van der Waals surface area (Å²) in [7, 11) is 2.04. The minimum absolute atomic E-state index is 0.127. The second-order valence-corrected chi connectivity index (χ2v) is 7.43. The molecule has 1 spiro atoms. The Morgan fingerprint density at radius 3 is 3.04 bits per heavy atom. The van der Waals surface area contributed by atoms with Crippen molar-refractivity contribution in [1.82, 2.24) is 14.5 Å². The largest absolute Gasteiger partial charge is 0.370 e. The summed E-state index contributed by atoms with van der Waals surface area (Å²) in [6.45, 7) is 5.46. The predicted molar refractivity (Wildman–Crippen MR) is 99.8 cm³/mol. The second-order valence-electron chi connectivity index (χ2n) is 7.43. The monoisotopic (exact) mass is 351 g/mol. The molecule has 2 aliphatic heterocycles. The molecule has 0 aliphatic carbocycles. The fourth-order valence-electron chi connectivity index (χ4n) is 4.16. The summed E-state index contributed by atoms with van der Waals surface area (Å²) >= 11 is 0. The van der Waals surface area contributed by atoms with Gasteiger partial charge in [-0.25, -0.2) is 4.98 Å². The number of hydrogen-bond donors (Lipinski definition) is 0. The SMILES string of the molecule is Cn1cncc1CN1CCO[C@]2(CCCN(c3cccc(C#N)c3)C2)C1. The van der Waals surface area contributed by atoms with Crippen molar-refractivity contribution in [2.45, 2.75) is 25.0 Å². The minimum Gasteiger partial charge on any atom is -0.370 e. The molecule has 0 bridgehead atoms. The van der Waals surface area contributed by atoms with Crippen LogP contribution in [0.1, 0.15) is 24.1 Å². The van der Waals surface area contributed by atoms with Gasteiger partial charge >= 0.3 is 0 Å². The van der Waals surface area contributed by atoms with Gasteiger partial charge < -0.3 is 14.2 Å². The molecule has 0 unspecified atom stereocenters. The van der Waals surface area contributed by atoms with Crippen molar-refractivity contribution < 1.29 is 4.74 Å². The first-order valence-corrected chi connectivity index (χ1v) is 9.24. The lowest BCUT2D eigenvalue weighted by Crippen LogP contribution is -2.59. The average Bonchev–Trinajstić information content (AvgIpc) is 3.06. The smallest absolute Gasteiger partial charge is 0.0992 e. The number of rotatable bonds is 3. The van der Waals surface area contributed by atoms with E-state index in [9.17, 15) is 5.26 Å². The molecule has 0 saturated carbocycles. The maximum atomic E-state index is 9.18. The predicted octanol–water partition coefficient (Wildman–Crippen LogP) is 2.16. The van der Waals surface area contributed by atoms with Gasteiger partial charge in [-0.05, 0) is 31.0 Å². The Bertz CT molecular complexity index is 807. The van der Waals surface area contributed by atoms with Crippen molar-refractivity contribution in [3.63, 3.8) is 0 Å². The number of hydrogen-bond acceptors (Lipinski definition) is 5. The summed E-state index contributed by atoms with van der Waals surface area (Å²) in [6, 6.07) is 10.1. The number of morpholine rings is 1. The summed E-state index contributed by atoms with van der Waals surface area (Å²) in [5, 5.41) is 9.18. The van der Waals surface area contributed by atoms with E-state index in [0.29, 0.717) is 5.56 Å². The van der Waals surface area contributed by atoms with Gasteiger partial charge in [0.1, 0.15) is 0 Å². The number of aromatic nitrogens is 2. The van der Waals surface area contributed by atoms with Gasteiger partial charge in [0.25, 0.3) is 0 Å². The van der Waals surface area contributed by atoms with Crippen molar-refractivity contribution in [3.05, 3.63) is 48.0 Å². The van der Waals surface area contributed by atoms with E-state index in [2.05, 4.69) is 31.5 Å². The Morgan fingerprint density at radius 2 is 2.23 bits per heavy atom. The Morgan fingerprint density at radius 1 is 1.31 bits per heavy atom. The number of piperidine rings is 1. The van der Waals surface area contributed by atoms with Gasteiger partial charge in [0.2, 0.25) is 0 Å². The van der Waals surface area contributed by atoms with E-state index >= 15 is 0 Å².